The van der Waals surface area contributed by atoms with Crippen LogP contribution in [0.2, 0.25) is 0 Å². The molecule has 1 aliphatic rings. The monoisotopic (exact) mass is 275 g/mol. The summed E-state index contributed by atoms with van der Waals surface area (Å²) < 4.78 is 0. The van der Waals surface area contributed by atoms with Gasteiger partial charge in [0.05, 0.1) is 5.56 Å². The molecule has 0 saturated carbocycles. The minimum absolute atomic E-state index is 0.0937. The molecule has 110 valence electrons. The van der Waals surface area contributed by atoms with Gasteiger partial charge in [-0.05, 0) is 44.5 Å². The topological polar surface area (TPSA) is 69.2 Å². The minimum Gasteiger partial charge on any atom is -0.384 e. The highest BCUT2D eigenvalue weighted by atomic mass is 15.2. The van der Waals surface area contributed by atoms with Gasteiger partial charge in [-0.15, -0.1) is 0 Å². The highest BCUT2D eigenvalue weighted by Gasteiger charge is 2.25. The fourth-order valence-corrected chi connectivity index (χ4v) is 3.09. The zero-order valence-electron chi connectivity index (χ0n) is 12.7. The molecule has 0 bridgehead atoms. The van der Waals surface area contributed by atoms with E-state index in [1.165, 1.54) is 19.4 Å². The zero-order valence-corrected chi connectivity index (χ0v) is 12.7. The summed E-state index contributed by atoms with van der Waals surface area (Å²) in [4.78, 5) is 9.10. The smallest absolute Gasteiger partial charge is 0.139 e. The Labute approximate surface area is 121 Å². The summed E-state index contributed by atoms with van der Waals surface area (Å²) in [6, 6.07) is 2.48. The van der Waals surface area contributed by atoms with E-state index in [2.05, 4.69) is 21.7 Å². The van der Waals surface area contributed by atoms with Crippen molar-refractivity contribution in [1.82, 2.24) is 9.88 Å². The molecule has 0 aliphatic carbocycles. The van der Waals surface area contributed by atoms with Gasteiger partial charge >= 0.3 is 0 Å². The fraction of sp³-hybridized carbons (Fsp3) is 0.600. The van der Waals surface area contributed by atoms with Crippen LogP contribution in [0.4, 0.5) is 5.82 Å². The predicted octanol–water partition coefficient (Wildman–Crippen LogP) is 1.59. The first-order valence-electron chi connectivity index (χ1n) is 7.29. The van der Waals surface area contributed by atoms with Crippen LogP contribution in [0.15, 0.2) is 12.3 Å². The maximum absolute atomic E-state index is 7.77. The Kier molecular flexibility index (Phi) is 4.60. The van der Waals surface area contributed by atoms with Crippen molar-refractivity contribution in [1.29, 1.82) is 5.41 Å². The standard InChI is InChI=1S/C15H25N5/c1-4-20-9-5-6-12(20)10-19(3)15-13(14(16)17)11(2)7-8-18-15/h7-8,12H,4-6,9-10H2,1-3H3,(H3,16,17). The van der Waals surface area contributed by atoms with E-state index in [0.717, 1.165) is 30.0 Å². The maximum atomic E-state index is 7.77. The first-order chi connectivity index (χ1) is 9.54. The highest BCUT2D eigenvalue weighted by molar-refractivity contribution is 6.00. The van der Waals surface area contributed by atoms with Crippen LogP contribution in [0.3, 0.4) is 0 Å². The van der Waals surface area contributed by atoms with E-state index in [9.17, 15) is 0 Å². The van der Waals surface area contributed by atoms with Crippen LogP contribution in [0.5, 0.6) is 0 Å². The highest BCUT2D eigenvalue weighted by Crippen LogP contribution is 2.23. The molecule has 0 amide bonds. The fourth-order valence-electron chi connectivity index (χ4n) is 3.09. The molecule has 1 aromatic heterocycles. The van der Waals surface area contributed by atoms with Crippen molar-refractivity contribution in [3.8, 4) is 0 Å². The van der Waals surface area contributed by atoms with Crippen molar-refractivity contribution in [2.24, 2.45) is 5.73 Å². The number of likely N-dealkylation sites (N-methyl/N-ethyl adjacent to an activating group) is 2. The van der Waals surface area contributed by atoms with Crippen LogP contribution < -0.4 is 10.6 Å². The first kappa shape index (κ1) is 14.8. The molecule has 0 spiro atoms. The van der Waals surface area contributed by atoms with Crippen LogP contribution in [-0.2, 0) is 0 Å². The molecule has 1 unspecified atom stereocenters. The quantitative estimate of drug-likeness (QED) is 0.632. The third kappa shape index (κ3) is 2.93. The number of aryl methyl sites for hydroxylation is 1. The molecule has 3 N–H and O–H groups in total. The summed E-state index contributed by atoms with van der Waals surface area (Å²) in [5.74, 6) is 0.914. The van der Waals surface area contributed by atoms with E-state index in [-0.39, 0.29) is 5.84 Å². The van der Waals surface area contributed by atoms with Crippen LogP contribution >= 0.6 is 0 Å². The van der Waals surface area contributed by atoms with Gasteiger partial charge in [-0.2, -0.15) is 0 Å². The Morgan fingerprint density at radius 2 is 2.35 bits per heavy atom. The number of nitrogen functional groups attached to an aromatic ring is 1. The second kappa shape index (κ2) is 6.22. The second-order valence-electron chi connectivity index (χ2n) is 5.55. The van der Waals surface area contributed by atoms with Crippen molar-refractivity contribution in [3.05, 3.63) is 23.4 Å². The number of hydrogen-bond acceptors (Lipinski definition) is 4. The molecule has 1 fully saturated rings. The molecule has 5 heteroatoms. The number of amidine groups is 1. The Morgan fingerprint density at radius 1 is 1.60 bits per heavy atom. The van der Waals surface area contributed by atoms with E-state index < -0.39 is 0 Å². The van der Waals surface area contributed by atoms with Gasteiger partial charge in [0.2, 0.25) is 0 Å². The van der Waals surface area contributed by atoms with Crippen molar-refractivity contribution in [2.45, 2.75) is 32.7 Å². The Hall–Kier alpha value is -1.62. The van der Waals surface area contributed by atoms with Gasteiger partial charge in [0.1, 0.15) is 11.7 Å². The average Bonchev–Trinajstić information content (AvgIpc) is 2.85. The van der Waals surface area contributed by atoms with Crippen molar-refractivity contribution >= 4 is 11.7 Å². The molecule has 5 nitrogen and oxygen atoms in total. The molecule has 0 aromatic carbocycles. The largest absolute Gasteiger partial charge is 0.384 e. The van der Waals surface area contributed by atoms with Crippen LogP contribution in [0.25, 0.3) is 0 Å². The summed E-state index contributed by atoms with van der Waals surface area (Å²) in [6.45, 7) is 7.41. The van der Waals surface area contributed by atoms with Crippen molar-refractivity contribution in [2.75, 3.05) is 31.6 Å². The predicted molar refractivity (Wildman–Crippen MR) is 83.5 cm³/mol. The number of pyridine rings is 1. The molecule has 2 rings (SSSR count). The number of nitrogens with zero attached hydrogens (tertiary/aromatic N) is 3. The number of rotatable bonds is 5. The van der Waals surface area contributed by atoms with E-state index in [4.69, 9.17) is 11.1 Å². The zero-order chi connectivity index (χ0) is 14.7. The molecular formula is C15H25N5. The summed E-state index contributed by atoms with van der Waals surface area (Å²) in [7, 11) is 2.04. The number of nitrogens with two attached hydrogens (primary N) is 1. The molecule has 1 aromatic rings. The van der Waals surface area contributed by atoms with Crippen LogP contribution in [-0.4, -0.2) is 48.4 Å². The lowest BCUT2D eigenvalue weighted by molar-refractivity contribution is 0.270. The van der Waals surface area contributed by atoms with Gasteiger partial charge in [0.15, 0.2) is 0 Å². The van der Waals surface area contributed by atoms with E-state index in [1.807, 2.05) is 20.0 Å². The molecular weight excluding hydrogens is 250 g/mol. The summed E-state index contributed by atoms with van der Waals surface area (Å²) in [6.07, 6.45) is 4.30. The van der Waals surface area contributed by atoms with Crippen LogP contribution in [0, 0.1) is 12.3 Å². The van der Waals surface area contributed by atoms with Gasteiger partial charge in [-0.25, -0.2) is 4.98 Å². The molecule has 1 aliphatic heterocycles. The second-order valence-corrected chi connectivity index (χ2v) is 5.55. The van der Waals surface area contributed by atoms with E-state index in [0.29, 0.717) is 6.04 Å². The van der Waals surface area contributed by atoms with E-state index >= 15 is 0 Å². The summed E-state index contributed by atoms with van der Waals surface area (Å²) >= 11 is 0. The Morgan fingerprint density at radius 3 is 3.00 bits per heavy atom. The lowest BCUT2D eigenvalue weighted by atomic mass is 10.1. The van der Waals surface area contributed by atoms with Crippen LogP contribution in [0.1, 0.15) is 30.9 Å². The van der Waals surface area contributed by atoms with Gasteiger partial charge < -0.3 is 10.6 Å². The maximum Gasteiger partial charge on any atom is 0.139 e. The third-order valence-corrected chi connectivity index (χ3v) is 4.16. The minimum atomic E-state index is 0.0937. The van der Waals surface area contributed by atoms with E-state index in [1.54, 1.807) is 6.20 Å². The lowest BCUT2D eigenvalue weighted by Crippen LogP contribution is -2.39. The number of anilines is 1. The SMILES string of the molecule is CCN1CCCC1CN(C)c1nccc(C)c1C(=N)N. The van der Waals surface area contributed by atoms with Crippen molar-refractivity contribution < 1.29 is 0 Å². The van der Waals surface area contributed by atoms with Gasteiger partial charge in [-0.3, -0.25) is 10.3 Å². The summed E-state index contributed by atoms with van der Waals surface area (Å²) in [5, 5.41) is 7.77. The van der Waals surface area contributed by atoms with Gasteiger partial charge in [0.25, 0.3) is 0 Å². The number of nitrogens with one attached hydrogen (secondary N) is 1. The lowest BCUT2D eigenvalue weighted by Gasteiger charge is -2.29. The first-order valence-corrected chi connectivity index (χ1v) is 7.29. The third-order valence-electron chi connectivity index (χ3n) is 4.16. The molecule has 2 heterocycles. The van der Waals surface area contributed by atoms with Gasteiger partial charge in [-0.1, -0.05) is 6.92 Å². The Balaban J connectivity index is 2.19. The number of hydrogen-bond donors (Lipinski definition) is 2. The van der Waals surface area contributed by atoms with Crippen molar-refractivity contribution in [3.63, 3.8) is 0 Å². The normalized spacial score (nSPS) is 19.2. The molecule has 20 heavy (non-hydrogen) atoms. The average molecular weight is 275 g/mol. The molecule has 1 saturated heterocycles. The Bertz CT molecular complexity index is 485. The summed E-state index contributed by atoms with van der Waals surface area (Å²) in [5.41, 5.74) is 7.49. The van der Waals surface area contributed by atoms with Gasteiger partial charge in [0, 0.05) is 25.8 Å². The number of aromatic nitrogens is 1. The molecule has 0 radical (unpaired) electrons. The number of likely N-dealkylation sites (tertiary alicyclic amines) is 1. The molecule has 1 atom stereocenters.